The van der Waals surface area contributed by atoms with Gasteiger partial charge in [-0.25, -0.2) is 0 Å². The second-order valence-corrected chi connectivity index (χ2v) is 4.85. The van der Waals surface area contributed by atoms with E-state index in [4.69, 9.17) is 5.73 Å². The predicted molar refractivity (Wildman–Crippen MR) is 72.4 cm³/mol. The molecular weight excluding hydrogens is 226 g/mol. The third kappa shape index (κ3) is 1.83. The van der Waals surface area contributed by atoms with Gasteiger partial charge in [-0.05, 0) is 44.0 Å². The number of hydrogen-bond acceptors (Lipinski definition) is 2. The number of carbonyl (C=O) groups excluding carboxylic acids is 1. The Morgan fingerprint density at radius 3 is 2.89 bits per heavy atom. The van der Waals surface area contributed by atoms with Crippen LogP contribution in [0.4, 0.5) is 5.69 Å². The summed E-state index contributed by atoms with van der Waals surface area (Å²) in [6, 6.07) is 7.97. The topological polar surface area (TPSA) is 62.1 Å². The fourth-order valence-corrected chi connectivity index (χ4v) is 2.37. The Morgan fingerprint density at radius 2 is 2.22 bits per heavy atom. The van der Waals surface area contributed by atoms with Gasteiger partial charge in [0.25, 0.3) is 5.91 Å². The normalized spacial score (nSPS) is 14.9. The molecule has 0 unspecified atom stereocenters. The van der Waals surface area contributed by atoms with E-state index in [2.05, 4.69) is 4.98 Å². The van der Waals surface area contributed by atoms with Gasteiger partial charge in [-0.3, -0.25) is 4.79 Å². The van der Waals surface area contributed by atoms with Crippen molar-refractivity contribution in [1.29, 1.82) is 0 Å². The smallest absolute Gasteiger partial charge is 0.270 e. The lowest BCUT2D eigenvalue weighted by Gasteiger charge is -2.19. The van der Waals surface area contributed by atoms with Crippen molar-refractivity contribution in [2.75, 3.05) is 12.3 Å². The molecular formula is C14H17N3O. The van der Waals surface area contributed by atoms with Crippen LogP contribution in [0.15, 0.2) is 24.3 Å². The molecule has 3 N–H and O–H groups in total. The molecule has 1 heterocycles. The first-order chi connectivity index (χ1) is 8.69. The predicted octanol–water partition coefficient (Wildman–Crippen LogP) is 2.37. The molecule has 4 heteroatoms. The molecule has 0 aliphatic heterocycles. The number of nitrogens with one attached hydrogen (secondary N) is 1. The van der Waals surface area contributed by atoms with E-state index < -0.39 is 0 Å². The first-order valence-corrected chi connectivity index (χ1v) is 6.38. The summed E-state index contributed by atoms with van der Waals surface area (Å²) < 4.78 is 0. The average molecular weight is 243 g/mol. The minimum atomic E-state index is 0.0924. The van der Waals surface area contributed by atoms with Crippen molar-refractivity contribution in [3.63, 3.8) is 0 Å². The Kier molecular flexibility index (Phi) is 2.51. The number of nitrogens with zero attached hydrogens (tertiary/aromatic N) is 1. The van der Waals surface area contributed by atoms with Crippen LogP contribution in [0.25, 0.3) is 10.9 Å². The molecule has 1 aromatic heterocycles. The van der Waals surface area contributed by atoms with E-state index in [9.17, 15) is 4.79 Å². The van der Waals surface area contributed by atoms with Gasteiger partial charge in [-0.15, -0.1) is 0 Å². The zero-order valence-corrected chi connectivity index (χ0v) is 10.4. The second kappa shape index (κ2) is 4.05. The Balaban J connectivity index is 1.95. The largest absolute Gasteiger partial charge is 0.399 e. The molecule has 1 saturated carbocycles. The van der Waals surface area contributed by atoms with Crippen molar-refractivity contribution in [3.05, 3.63) is 30.0 Å². The zero-order valence-electron chi connectivity index (χ0n) is 10.4. The summed E-state index contributed by atoms with van der Waals surface area (Å²) in [6.07, 6.45) is 2.26. The van der Waals surface area contributed by atoms with Gasteiger partial charge in [-0.1, -0.05) is 0 Å². The Labute approximate surface area is 106 Å². The Hall–Kier alpha value is -1.97. The Morgan fingerprint density at radius 1 is 1.44 bits per heavy atom. The summed E-state index contributed by atoms with van der Waals surface area (Å²) in [6.45, 7) is 2.79. The molecule has 0 bridgehead atoms. The Bertz CT molecular complexity index is 598. The van der Waals surface area contributed by atoms with Crippen LogP contribution in [0, 0.1) is 0 Å². The SMILES string of the molecule is CCN(C(=O)c1cc2cc(N)ccc2[nH]1)C1CC1. The van der Waals surface area contributed by atoms with Gasteiger partial charge in [0.05, 0.1) is 0 Å². The van der Waals surface area contributed by atoms with Gasteiger partial charge < -0.3 is 15.6 Å². The molecule has 0 radical (unpaired) electrons. The third-order valence-electron chi connectivity index (χ3n) is 3.46. The van der Waals surface area contributed by atoms with Crippen LogP contribution in [0.1, 0.15) is 30.3 Å². The number of aromatic amines is 1. The lowest BCUT2D eigenvalue weighted by Crippen LogP contribution is -2.32. The zero-order chi connectivity index (χ0) is 12.7. The highest BCUT2D eigenvalue weighted by Crippen LogP contribution is 2.28. The quantitative estimate of drug-likeness (QED) is 0.813. The fraction of sp³-hybridized carbons (Fsp3) is 0.357. The van der Waals surface area contributed by atoms with Crippen molar-refractivity contribution in [1.82, 2.24) is 9.88 Å². The highest BCUT2D eigenvalue weighted by Gasteiger charge is 2.32. The molecule has 3 rings (SSSR count). The molecule has 2 aromatic rings. The lowest BCUT2D eigenvalue weighted by molar-refractivity contribution is 0.0747. The van der Waals surface area contributed by atoms with Gasteiger partial charge in [0.1, 0.15) is 5.69 Å². The molecule has 1 aliphatic carbocycles. The summed E-state index contributed by atoms with van der Waals surface area (Å²) in [7, 11) is 0. The number of aromatic nitrogens is 1. The number of fused-ring (bicyclic) bond motifs is 1. The summed E-state index contributed by atoms with van der Waals surface area (Å²) in [4.78, 5) is 17.5. The molecule has 4 nitrogen and oxygen atoms in total. The lowest BCUT2D eigenvalue weighted by atomic mass is 10.2. The molecule has 0 atom stereocenters. The van der Waals surface area contributed by atoms with Gasteiger partial charge in [0.15, 0.2) is 0 Å². The molecule has 94 valence electrons. The number of hydrogen-bond donors (Lipinski definition) is 2. The molecule has 0 saturated heterocycles. The number of nitrogens with two attached hydrogens (primary N) is 1. The number of amides is 1. The number of nitrogen functional groups attached to an aromatic ring is 1. The molecule has 1 aromatic carbocycles. The van der Waals surface area contributed by atoms with E-state index in [1.54, 1.807) is 0 Å². The van der Waals surface area contributed by atoms with Crippen molar-refractivity contribution < 1.29 is 4.79 Å². The van der Waals surface area contributed by atoms with E-state index in [1.165, 1.54) is 0 Å². The summed E-state index contributed by atoms with van der Waals surface area (Å²) >= 11 is 0. The number of H-pyrrole nitrogens is 1. The highest BCUT2D eigenvalue weighted by molar-refractivity contribution is 5.98. The maximum Gasteiger partial charge on any atom is 0.270 e. The van der Waals surface area contributed by atoms with Crippen LogP contribution in [0.5, 0.6) is 0 Å². The van der Waals surface area contributed by atoms with Crippen LogP contribution in [-0.4, -0.2) is 28.4 Å². The molecule has 0 spiro atoms. The van der Waals surface area contributed by atoms with E-state index in [0.717, 1.165) is 36.0 Å². The van der Waals surface area contributed by atoms with Crippen molar-refractivity contribution in [3.8, 4) is 0 Å². The first-order valence-electron chi connectivity index (χ1n) is 6.38. The van der Waals surface area contributed by atoms with Gasteiger partial charge in [-0.2, -0.15) is 0 Å². The van der Waals surface area contributed by atoms with E-state index in [-0.39, 0.29) is 5.91 Å². The van der Waals surface area contributed by atoms with Gasteiger partial charge in [0.2, 0.25) is 0 Å². The van der Waals surface area contributed by atoms with Crippen molar-refractivity contribution >= 4 is 22.5 Å². The number of benzene rings is 1. The summed E-state index contributed by atoms with van der Waals surface area (Å²) in [5, 5.41) is 0.991. The van der Waals surface area contributed by atoms with Crippen LogP contribution in [-0.2, 0) is 0 Å². The minimum Gasteiger partial charge on any atom is -0.399 e. The number of rotatable bonds is 3. The minimum absolute atomic E-state index is 0.0924. The fourth-order valence-electron chi connectivity index (χ4n) is 2.37. The second-order valence-electron chi connectivity index (χ2n) is 4.85. The van der Waals surface area contributed by atoms with Crippen LogP contribution >= 0.6 is 0 Å². The summed E-state index contributed by atoms with van der Waals surface area (Å²) in [5.74, 6) is 0.0924. The third-order valence-corrected chi connectivity index (χ3v) is 3.46. The molecule has 1 fully saturated rings. The van der Waals surface area contributed by atoms with Crippen molar-refractivity contribution in [2.24, 2.45) is 0 Å². The van der Waals surface area contributed by atoms with Crippen LogP contribution in [0.3, 0.4) is 0 Å². The van der Waals surface area contributed by atoms with Gasteiger partial charge in [0, 0.05) is 29.2 Å². The average Bonchev–Trinajstić information content (AvgIpc) is 3.08. The van der Waals surface area contributed by atoms with Crippen molar-refractivity contribution in [2.45, 2.75) is 25.8 Å². The van der Waals surface area contributed by atoms with Crippen LogP contribution < -0.4 is 5.73 Å². The van der Waals surface area contributed by atoms with Gasteiger partial charge >= 0.3 is 0 Å². The maximum atomic E-state index is 12.4. The molecule has 18 heavy (non-hydrogen) atoms. The summed E-state index contributed by atoms with van der Waals surface area (Å²) in [5.41, 5.74) is 8.08. The molecule has 1 amide bonds. The van der Waals surface area contributed by atoms with E-state index in [0.29, 0.717) is 11.7 Å². The highest BCUT2D eigenvalue weighted by atomic mass is 16.2. The van der Waals surface area contributed by atoms with E-state index >= 15 is 0 Å². The monoisotopic (exact) mass is 243 g/mol. The maximum absolute atomic E-state index is 12.4. The standard InChI is InChI=1S/C14H17N3O/c1-2-17(11-4-5-11)14(18)13-8-9-7-10(15)3-6-12(9)16-13/h3,6-8,11,16H,2,4-5,15H2,1H3. The van der Waals surface area contributed by atoms with Crippen LogP contribution in [0.2, 0.25) is 0 Å². The number of carbonyl (C=O) groups is 1. The molecule has 1 aliphatic rings. The van der Waals surface area contributed by atoms with E-state index in [1.807, 2.05) is 36.1 Å². The first kappa shape index (κ1) is 11.1. The number of anilines is 1.